The molecule has 3 N–H and O–H groups in total. The zero-order chi connectivity index (χ0) is 14.5. The van der Waals surface area contributed by atoms with Gasteiger partial charge in [0, 0.05) is 36.1 Å². The Balaban J connectivity index is 2.03. The topological polar surface area (TPSA) is 50.5 Å². The maximum Gasteiger partial charge on any atom is 0.123 e. The maximum absolute atomic E-state index is 5.96. The zero-order valence-electron chi connectivity index (χ0n) is 12.9. The molecule has 1 aromatic carbocycles. The van der Waals surface area contributed by atoms with Gasteiger partial charge in [-0.15, -0.1) is 0 Å². The fourth-order valence-corrected chi connectivity index (χ4v) is 2.79. The molecule has 0 bridgehead atoms. The number of piperidine rings is 1. The quantitative estimate of drug-likeness (QED) is 0.813. The molecule has 2 unspecified atom stereocenters. The number of ether oxygens (including phenoxy) is 1. The molecule has 0 aromatic heterocycles. The second-order valence-corrected chi connectivity index (χ2v) is 5.92. The molecule has 1 aliphatic rings. The molecule has 0 radical (unpaired) electrons. The van der Waals surface area contributed by atoms with Crippen LogP contribution in [-0.2, 0) is 0 Å². The van der Waals surface area contributed by atoms with Gasteiger partial charge in [0.05, 0.1) is 6.61 Å². The Morgan fingerprint density at radius 1 is 1.40 bits per heavy atom. The largest absolute Gasteiger partial charge is 0.493 e. The molecule has 0 aliphatic carbocycles. The summed E-state index contributed by atoms with van der Waals surface area (Å²) >= 11 is 0. The zero-order valence-corrected chi connectivity index (χ0v) is 12.9. The van der Waals surface area contributed by atoms with Gasteiger partial charge in [-0.3, -0.25) is 0 Å². The van der Waals surface area contributed by atoms with Crippen molar-refractivity contribution in [3.8, 4) is 5.75 Å². The summed E-state index contributed by atoms with van der Waals surface area (Å²) in [5.74, 6) is 1.49. The van der Waals surface area contributed by atoms with Gasteiger partial charge in [0.25, 0.3) is 0 Å². The normalized spacial score (nSPS) is 23.6. The number of nitrogens with one attached hydrogen (secondary N) is 1. The van der Waals surface area contributed by atoms with E-state index in [9.17, 15) is 0 Å². The van der Waals surface area contributed by atoms with Crippen molar-refractivity contribution in [1.29, 1.82) is 0 Å². The first-order valence-corrected chi connectivity index (χ1v) is 7.57. The first-order chi connectivity index (χ1) is 9.58. The third kappa shape index (κ3) is 4.04. The lowest BCUT2D eigenvalue weighted by molar-refractivity contribution is 0.206. The number of hydrogen-bond donors (Lipinski definition) is 2. The van der Waals surface area contributed by atoms with Crippen LogP contribution in [0.3, 0.4) is 0 Å². The van der Waals surface area contributed by atoms with E-state index in [4.69, 9.17) is 10.5 Å². The van der Waals surface area contributed by atoms with Crippen molar-refractivity contribution in [2.45, 2.75) is 32.7 Å². The fraction of sp³-hybridized carbons (Fsp3) is 0.625. The minimum Gasteiger partial charge on any atom is -0.493 e. The van der Waals surface area contributed by atoms with Crippen molar-refractivity contribution in [2.75, 3.05) is 37.8 Å². The lowest BCUT2D eigenvalue weighted by Gasteiger charge is -2.35. The van der Waals surface area contributed by atoms with Crippen LogP contribution >= 0.6 is 0 Å². The number of likely N-dealkylation sites (tertiary alicyclic amines) is 1. The smallest absolute Gasteiger partial charge is 0.123 e. The second kappa shape index (κ2) is 6.84. The third-order valence-electron chi connectivity index (χ3n) is 3.86. The molecule has 1 heterocycles. The van der Waals surface area contributed by atoms with Crippen LogP contribution in [0.2, 0.25) is 0 Å². The van der Waals surface area contributed by atoms with Crippen molar-refractivity contribution in [3.05, 3.63) is 18.2 Å². The number of hydrogen-bond acceptors (Lipinski definition) is 4. The lowest BCUT2D eigenvalue weighted by Crippen LogP contribution is -2.43. The maximum atomic E-state index is 5.96. The van der Waals surface area contributed by atoms with Crippen LogP contribution in [0.5, 0.6) is 5.75 Å². The van der Waals surface area contributed by atoms with E-state index < -0.39 is 0 Å². The molecule has 2 rings (SSSR count). The van der Waals surface area contributed by atoms with E-state index in [0.29, 0.717) is 12.0 Å². The molecule has 4 heteroatoms. The molecule has 0 spiro atoms. The molecule has 1 fully saturated rings. The van der Waals surface area contributed by atoms with Crippen LogP contribution in [0.15, 0.2) is 18.2 Å². The van der Waals surface area contributed by atoms with Gasteiger partial charge in [-0.1, -0.05) is 13.8 Å². The summed E-state index contributed by atoms with van der Waals surface area (Å²) in [7, 11) is 2.18. The number of benzene rings is 1. The van der Waals surface area contributed by atoms with Gasteiger partial charge in [0.15, 0.2) is 0 Å². The summed E-state index contributed by atoms with van der Waals surface area (Å²) < 4.78 is 5.68. The van der Waals surface area contributed by atoms with Crippen LogP contribution in [0, 0.1) is 5.92 Å². The summed E-state index contributed by atoms with van der Waals surface area (Å²) in [6.07, 6.45) is 2.17. The molecule has 4 nitrogen and oxygen atoms in total. The highest BCUT2D eigenvalue weighted by Crippen LogP contribution is 2.26. The fourth-order valence-electron chi connectivity index (χ4n) is 2.79. The van der Waals surface area contributed by atoms with Gasteiger partial charge in [-0.25, -0.2) is 0 Å². The van der Waals surface area contributed by atoms with E-state index in [0.717, 1.165) is 49.7 Å². The molecule has 1 aromatic rings. The third-order valence-corrected chi connectivity index (χ3v) is 3.86. The number of nitrogens with zero attached hydrogens (tertiary/aromatic N) is 1. The van der Waals surface area contributed by atoms with Gasteiger partial charge in [0.2, 0.25) is 0 Å². The number of nitrogen functional groups attached to an aromatic ring is 1. The minimum absolute atomic E-state index is 0.507. The highest BCUT2D eigenvalue weighted by molar-refractivity contribution is 5.59. The van der Waals surface area contributed by atoms with Gasteiger partial charge in [-0.2, -0.15) is 0 Å². The lowest BCUT2D eigenvalue weighted by atomic mass is 9.94. The van der Waals surface area contributed by atoms with Gasteiger partial charge in [-0.05, 0) is 38.4 Å². The number of anilines is 2. The Kier molecular flexibility index (Phi) is 5.12. The summed E-state index contributed by atoms with van der Waals surface area (Å²) in [5, 5.41) is 3.62. The summed E-state index contributed by atoms with van der Waals surface area (Å²) in [6.45, 7) is 7.41. The predicted octanol–water partition coefficient (Wildman–Crippen LogP) is 2.81. The average Bonchev–Trinajstić information content (AvgIpc) is 2.39. The van der Waals surface area contributed by atoms with Crippen LogP contribution in [0.25, 0.3) is 0 Å². The Bertz CT molecular complexity index is 436. The van der Waals surface area contributed by atoms with E-state index in [-0.39, 0.29) is 0 Å². The van der Waals surface area contributed by atoms with E-state index >= 15 is 0 Å². The van der Waals surface area contributed by atoms with Gasteiger partial charge in [0.1, 0.15) is 5.75 Å². The van der Waals surface area contributed by atoms with E-state index in [1.54, 1.807) is 0 Å². The van der Waals surface area contributed by atoms with Gasteiger partial charge < -0.3 is 20.7 Å². The average molecular weight is 277 g/mol. The molecule has 1 saturated heterocycles. The van der Waals surface area contributed by atoms with E-state index in [1.165, 1.54) is 0 Å². The Hall–Kier alpha value is -1.42. The standard InChI is InChI=1S/C16H27N3O/c1-4-7-20-15-9-13(17)8-14(10-15)18-16-5-6-19(3)11-12(16)2/h8-10,12,16,18H,4-7,11,17H2,1-3H3. The minimum atomic E-state index is 0.507. The Labute approximate surface area is 122 Å². The first kappa shape index (κ1) is 15.0. The molecule has 1 aliphatic heterocycles. The molecule has 0 amide bonds. The van der Waals surface area contributed by atoms with Crippen molar-refractivity contribution in [3.63, 3.8) is 0 Å². The van der Waals surface area contributed by atoms with Crippen LogP contribution in [0.1, 0.15) is 26.7 Å². The SMILES string of the molecule is CCCOc1cc(N)cc(NC2CCN(C)CC2C)c1. The number of nitrogens with two attached hydrogens (primary N) is 1. The molecule has 0 saturated carbocycles. The van der Waals surface area contributed by atoms with Crippen molar-refractivity contribution >= 4 is 11.4 Å². The molecular formula is C16H27N3O. The predicted molar refractivity (Wildman–Crippen MR) is 85.3 cm³/mol. The Morgan fingerprint density at radius 3 is 2.90 bits per heavy atom. The summed E-state index contributed by atoms with van der Waals surface area (Å²) in [4.78, 5) is 2.39. The number of rotatable bonds is 5. The monoisotopic (exact) mass is 277 g/mol. The molecule has 2 atom stereocenters. The van der Waals surface area contributed by atoms with Crippen LogP contribution in [-0.4, -0.2) is 37.7 Å². The summed E-state index contributed by atoms with van der Waals surface area (Å²) in [5.41, 5.74) is 7.78. The molecular weight excluding hydrogens is 250 g/mol. The van der Waals surface area contributed by atoms with Crippen LogP contribution in [0.4, 0.5) is 11.4 Å². The molecule has 20 heavy (non-hydrogen) atoms. The van der Waals surface area contributed by atoms with Gasteiger partial charge >= 0.3 is 0 Å². The molecule has 112 valence electrons. The first-order valence-electron chi connectivity index (χ1n) is 7.57. The van der Waals surface area contributed by atoms with Crippen molar-refractivity contribution < 1.29 is 4.74 Å². The highest BCUT2D eigenvalue weighted by Gasteiger charge is 2.24. The highest BCUT2D eigenvalue weighted by atomic mass is 16.5. The van der Waals surface area contributed by atoms with Crippen molar-refractivity contribution in [2.24, 2.45) is 5.92 Å². The Morgan fingerprint density at radius 2 is 2.20 bits per heavy atom. The van der Waals surface area contributed by atoms with Crippen LogP contribution < -0.4 is 15.8 Å². The van der Waals surface area contributed by atoms with E-state index in [1.807, 2.05) is 12.1 Å². The van der Waals surface area contributed by atoms with E-state index in [2.05, 4.69) is 37.2 Å². The second-order valence-electron chi connectivity index (χ2n) is 5.92. The van der Waals surface area contributed by atoms with Crippen molar-refractivity contribution in [1.82, 2.24) is 4.90 Å². The summed E-state index contributed by atoms with van der Waals surface area (Å²) in [6, 6.07) is 6.44.